The minimum absolute atomic E-state index is 0.261. The van der Waals surface area contributed by atoms with E-state index in [1.807, 2.05) is 69.8 Å². The van der Waals surface area contributed by atoms with Crippen molar-refractivity contribution in [1.29, 1.82) is 0 Å². The number of ether oxygens (including phenoxy) is 2. The summed E-state index contributed by atoms with van der Waals surface area (Å²) in [6, 6.07) is 15.9. The smallest absolute Gasteiger partial charge is 0.339 e. The molecule has 0 radical (unpaired) electrons. The highest BCUT2D eigenvalue weighted by atomic mass is 79.9. The zero-order valence-electron chi connectivity index (χ0n) is 22.6. The third-order valence-electron chi connectivity index (χ3n) is 6.35. The quantitative estimate of drug-likeness (QED) is 0.177. The van der Waals surface area contributed by atoms with Crippen molar-refractivity contribution in [2.45, 2.75) is 46.3 Å². The van der Waals surface area contributed by atoms with Crippen molar-refractivity contribution >= 4 is 66.0 Å². The summed E-state index contributed by atoms with van der Waals surface area (Å²) in [7, 11) is 1.92. The second kappa shape index (κ2) is 10.7. The van der Waals surface area contributed by atoms with Crippen molar-refractivity contribution in [3.8, 4) is 21.7 Å². The van der Waals surface area contributed by atoms with Crippen LogP contribution in [0.5, 0.6) is 0 Å². The number of aryl methyl sites for hydroxylation is 2. The minimum Gasteiger partial charge on any atom is -0.464 e. The maximum absolute atomic E-state index is 13.3. The molecule has 202 valence electrons. The molecule has 0 aliphatic rings. The lowest BCUT2D eigenvalue weighted by atomic mass is 9.91. The van der Waals surface area contributed by atoms with E-state index in [0.717, 1.165) is 58.5 Å². The van der Waals surface area contributed by atoms with Gasteiger partial charge in [-0.1, -0.05) is 23.7 Å². The molecule has 2 heterocycles. The van der Waals surface area contributed by atoms with Crippen molar-refractivity contribution < 1.29 is 14.3 Å². The van der Waals surface area contributed by atoms with Crippen molar-refractivity contribution in [2.24, 2.45) is 7.05 Å². The van der Waals surface area contributed by atoms with Crippen LogP contribution < -0.4 is 0 Å². The third-order valence-corrected chi connectivity index (χ3v) is 8.32. The van der Waals surface area contributed by atoms with Gasteiger partial charge in [0.1, 0.15) is 9.61 Å². The van der Waals surface area contributed by atoms with E-state index in [2.05, 4.69) is 39.2 Å². The van der Waals surface area contributed by atoms with Crippen LogP contribution in [0.1, 0.15) is 44.9 Å². The molecule has 0 saturated carbocycles. The number of benzene rings is 3. The van der Waals surface area contributed by atoms with Gasteiger partial charge in [-0.3, -0.25) is 4.68 Å². The average molecular weight is 627 g/mol. The Morgan fingerprint density at radius 2 is 1.82 bits per heavy atom. The topological polar surface area (TPSA) is 66.2 Å². The molecule has 39 heavy (non-hydrogen) atoms. The van der Waals surface area contributed by atoms with Gasteiger partial charge in [0.2, 0.25) is 0 Å². The predicted molar refractivity (Wildman–Crippen MR) is 162 cm³/mol. The molecule has 5 aromatic rings. The molecule has 0 bridgehead atoms. The van der Waals surface area contributed by atoms with Gasteiger partial charge in [0.05, 0.1) is 27.9 Å². The molecular weight excluding hydrogens is 598 g/mol. The Labute approximate surface area is 245 Å². The summed E-state index contributed by atoms with van der Waals surface area (Å²) in [5.41, 5.74) is 5.80. The predicted octanol–water partition coefficient (Wildman–Crippen LogP) is 8.66. The van der Waals surface area contributed by atoms with Crippen molar-refractivity contribution in [3.05, 3.63) is 69.3 Å². The van der Waals surface area contributed by atoms with Crippen LogP contribution in [0.15, 0.2) is 53.1 Å². The summed E-state index contributed by atoms with van der Waals surface area (Å²) in [4.78, 5) is 18.4. The van der Waals surface area contributed by atoms with E-state index in [4.69, 9.17) is 26.1 Å². The van der Waals surface area contributed by atoms with Crippen LogP contribution in [0.4, 0.5) is 0 Å². The molecule has 0 unspecified atom stereocenters. The molecule has 0 fully saturated rings. The van der Waals surface area contributed by atoms with E-state index in [-0.39, 0.29) is 6.61 Å². The summed E-state index contributed by atoms with van der Waals surface area (Å²) < 4.78 is 15.5. The number of aromatic nitrogens is 3. The van der Waals surface area contributed by atoms with E-state index in [1.54, 1.807) is 18.3 Å². The van der Waals surface area contributed by atoms with Gasteiger partial charge in [-0.2, -0.15) is 5.10 Å². The third kappa shape index (κ3) is 5.48. The lowest BCUT2D eigenvalue weighted by molar-refractivity contribution is -0.166. The summed E-state index contributed by atoms with van der Waals surface area (Å²) >= 11 is 11.4. The van der Waals surface area contributed by atoms with Gasteiger partial charge >= 0.3 is 5.97 Å². The zero-order valence-corrected chi connectivity index (χ0v) is 25.8. The molecule has 5 rings (SSSR count). The average Bonchev–Trinajstić information content (AvgIpc) is 3.42. The maximum Gasteiger partial charge on any atom is 0.339 e. The highest BCUT2D eigenvalue weighted by Crippen LogP contribution is 2.45. The van der Waals surface area contributed by atoms with Crippen LogP contribution in [0, 0.1) is 6.92 Å². The van der Waals surface area contributed by atoms with E-state index >= 15 is 0 Å². The number of fused-ring (bicyclic) bond motifs is 2. The van der Waals surface area contributed by atoms with Crippen LogP contribution in [-0.4, -0.2) is 32.9 Å². The van der Waals surface area contributed by atoms with Crippen LogP contribution in [0.25, 0.3) is 42.8 Å². The molecular formula is C30H29BrClN3O3S. The van der Waals surface area contributed by atoms with E-state index in [9.17, 15) is 4.79 Å². The van der Waals surface area contributed by atoms with E-state index < -0.39 is 17.7 Å². The first-order valence-electron chi connectivity index (χ1n) is 12.6. The standard InChI is InChI=1S/C30H29BrClN3O3S/c1-7-37-29(36)25(38-30(3,4)5)23-16(2)14-21-26(24(23)17-8-11-19(32)12-9-17)39-28(33-21)18-10-13-22-20(15-18)27(31)34-35(22)6/h8-15,25H,7H2,1-6H3/t25-/m0/s1. The number of halogens is 2. The molecule has 3 aromatic carbocycles. The summed E-state index contributed by atoms with van der Waals surface area (Å²) in [5.74, 6) is -0.415. The first-order chi connectivity index (χ1) is 18.5. The molecule has 0 N–H and O–H groups in total. The number of rotatable bonds is 6. The highest BCUT2D eigenvalue weighted by molar-refractivity contribution is 9.10. The van der Waals surface area contributed by atoms with Crippen LogP contribution in [0.3, 0.4) is 0 Å². The van der Waals surface area contributed by atoms with Crippen LogP contribution in [-0.2, 0) is 21.3 Å². The maximum atomic E-state index is 13.3. The monoisotopic (exact) mass is 625 g/mol. The number of hydrogen-bond acceptors (Lipinski definition) is 6. The lowest BCUT2D eigenvalue weighted by Crippen LogP contribution is -2.29. The zero-order chi connectivity index (χ0) is 28.1. The minimum atomic E-state index is -0.909. The number of carbonyl (C=O) groups excluding carboxylic acids is 1. The van der Waals surface area contributed by atoms with Crippen molar-refractivity contribution in [1.82, 2.24) is 14.8 Å². The Hall–Kier alpha value is -2.78. The molecule has 0 aliphatic carbocycles. The highest BCUT2D eigenvalue weighted by Gasteiger charge is 2.33. The molecule has 0 amide bonds. The van der Waals surface area contributed by atoms with Crippen molar-refractivity contribution in [3.63, 3.8) is 0 Å². The number of carbonyl (C=O) groups is 1. The Bertz CT molecular complexity index is 1700. The van der Waals surface area contributed by atoms with Crippen LogP contribution >= 0.6 is 38.9 Å². The molecule has 2 aromatic heterocycles. The fourth-order valence-electron chi connectivity index (χ4n) is 4.73. The summed E-state index contributed by atoms with van der Waals surface area (Å²) in [6.45, 7) is 9.86. The Balaban J connectivity index is 1.78. The largest absolute Gasteiger partial charge is 0.464 e. The molecule has 0 saturated heterocycles. The van der Waals surface area contributed by atoms with E-state index in [1.165, 1.54) is 0 Å². The molecule has 0 aliphatic heterocycles. The van der Waals surface area contributed by atoms with Crippen LogP contribution in [0.2, 0.25) is 5.02 Å². The normalized spacial score (nSPS) is 12.8. The Morgan fingerprint density at radius 3 is 2.49 bits per heavy atom. The molecule has 6 nitrogen and oxygen atoms in total. The first kappa shape index (κ1) is 27.8. The van der Waals surface area contributed by atoms with Gasteiger partial charge in [0, 0.05) is 34.1 Å². The number of thiazole rings is 1. The summed E-state index contributed by atoms with van der Waals surface area (Å²) in [5, 5.41) is 7.01. The number of esters is 1. The molecule has 0 spiro atoms. The van der Waals surface area contributed by atoms with Gasteiger partial charge in [0.25, 0.3) is 0 Å². The lowest BCUT2D eigenvalue weighted by Gasteiger charge is -2.29. The second-order valence-corrected chi connectivity index (χ2v) is 12.6. The van der Waals surface area contributed by atoms with Gasteiger partial charge in [0.15, 0.2) is 6.10 Å². The molecule has 1 atom stereocenters. The van der Waals surface area contributed by atoms with Gasteiger partial charge < -0.3 is 9.47 Å². The number of nitrogens with zero attached hydrogens (tertiary/aromatic N) is 3. The Morgan fingerprint density at radius 1 is 1.13 bits per heavy atom. The van der Waals surface area contributed by atoms with Gasteiger partial charge in [-0.25, -0.2) is 9.78 Å². The second-order valence-electron chi connectivity index (χ2n) is 10.4. The Kier molecular flexibility index (Phi) is 7.59. The number of hydrogen-bond donors (Lipinski definition) is 0. The van der Waals surface area contributed by atoms with Gasteiger partial charge in [-0.15, -0.1) is 11.3 Å². The fourth-order valence-corrected chi connectivity index (χ4v) is 6.53. The van der Waals surface area contributed by atoms with Gasteiger partial charge in [-0.05, 0) is 98.1 Å². The fraction of sp³-hybridized carbons (Fsp3) is 0.300. The molecule has 9 heteroatoms. The summed E-state index contributed by atoms with van der Waals surface area (Å²) in [6.07, 6.45) is -0.909. The van der Waals surface area contributed by atoms with Crippen molar-refractivity contribution in [2.75, 3.05) is 6.61 Å². The van der Waals surface area contributed by atoms with E-state index in [0.29, 0.717) is 5.02 Å². The first-order valence-corrected chi connectivity index (χ1v) is 14.6. The SMILES string of the molecule is CCOC(=O)[C@@H](OC(C)(C)C)c1c(C)cc2nc(-c3ccc4c(c3)c(Br)nn4C)sc2c1-c1ccc(Cl)cc1.